The Balaban J connectivity index is 1.40. The number of aryl methyl sites for hydroxylation is 1. The van der Waals surface area contributed by atoms with Crippen molar-refractivity contribution in [2.45, 2.75) is 51.9 Å². The van der Waals surface area contributed by atoms with Crippen LogP contribution in [0.25, 0.3) is 0 Å². The summed E-state index contributed by atoms with van der Waals surface area (Å²) >= 11 is 1.70. The highest BCUT2D eigenvalue weighted by atomic mass is 32.1. The summed E-state index contributed by atoms with van der Waals surface area (Å²) < 4.78 is 18.6. The SMILES string of the molecule is Cc1ccc(F)cc1NC(=O)COCC(=O)N1CCC(c2nc(C(C)(C)C)cs2)CC1. The summed E-state index contributed by atoms with van der Waals surface area (Å²) in [6.07, 6.45) is 1.75. The van der Waals surface area contributed by atoms with Gasteiger partial charge in [0, 0.05) is 35.5 Å². The fourth-order valence-electron chi connectivity index (χ4n) is 3.43. The molecule has 1 aromatic heterocycles. The number of benzene rings is 1. The normalized spacial score (nSPS) is 15.2. The second-order valence-corrected chi connectivity index (χ2v) is 9.87. The lowest BCUT2D eigenvalue weighted by Crippen LogP contribution is -2.40. The molecule has 6 nitrogen and oxygen atoms in total. The van der Waals surface area contributed by atoms with Crippen molar-refractivity contribution in [1.82, 2.24) is 9.88 Å². The fraction of sp³-hybridized carbons (Fsp3) is 0.522. The van der Waals surface area contributed by atoms with Gasteiger partial charge >= 0.3 is 0 Å². The van der Waals surface area contributed by atoms with E-state index in [1.54, 1.807) is 29.2 Å². The van der Waals surface area contributed by atoms with E-state index < -0.39 is 11.7 Å². The van der Waals surface area contributed by atoms with Gasteiger partial charge in [0.2, 0.25) is 11.8 Å². The molecular formula is C23H30FN3O3S. The van der Waals surface area contributed by atoms with Crippen LogP contribution in [0.1, 0.15) is 55.8 Å². The van der Waals surface area contributed by atoms with Crippen LogP contribution >= 0.6 is 11.3 Å². The maximum Gasteiger partial charge on any atom is 0.250 e. The number of piperidine rings is 1. The molecule has 2 aromatic rings. The van der Waals surface area contributed by atoms with Crippen molar-refractivity contribution in [3.05, 3.63) is 45.7 Å². The molecule has 1 aromatic carbocycles. The molecule has 0 saturated carbocycles. The first-order valence-corrected chi connectivity index (χ1v) is 11.4. The minimum absolute atomic E-state index is 0.0441. The zero-order valence-corrected chi connectivity index (χ0v) is 19.4. The Morgan fingerprint density at radius 2 is 1.97 bits per heavy atom. The van der Waals surface area contributed by atoms with Crippen LogP contribution in [0.15, 0.2) is 23.6 Å². The van der Waals surface area contributed by atoms with Crippen LogP contribution in [0.3, 0.4) is 0 Å². The number of nitrogens with zero attached hydrogens (tertiary/aromatic N) is 2. The van der Waals surface area contributed by atoms with E-state index in [2.05, 4.69) is 31.5 Å². The lowest BCUT2D eigenvalue weighted by atomic mass is 9.93. The van der Waals surface area contributed by atoms with Crippen LogP contribution in [0.2, 0.25) is 0 Å². The summed E-state index contributed by atoms with van der Waals surface area (Å²) in [5.41, 5.74) is 2.32. The van der Waals surface area contributed by atoms with E-state index >= 15 is 0 Å². The molecule has 3 rings (SSSR count). The topological polar surface area (TPSA) is 71.5 Å². The van der Waals surface area contributed by atoms with Crippen LogP contribution in [0.4, 0.5) is 10.1 Å². The average Bonchev–Trinajstić information content (AvgIpc) is 3.21. The predicted molar refractivity (Wildman–Crippen MR) is 120 cm³/mol. The molecule has 0 unspecified atom stereocenters. The Hall–Kier alpha value is -2.32. The highest BCUT2D eigenvalue weighted by molar-refractivity contribution is 7.09. The van der Waals surface area contributed by atoms with Gasteiger partial charge in [0.1, 0.15) is 19.0 Å². The maximum atomic E-state index is 13.3. The molecular weight excluding hydrogens is 417 g/mol. The molecule has 2 amide bonds. The molecule has 1 fully saturated rings. The van der Waals surface area contributed by atoms with Crippen LogP contribution in [-0.4, -0.2) is 48.0 Å². The third-order valence-corrected chi connectivity index (χ3v) is 6.43. The van der Waals surface area contributed by atoms with E-state index in [1.165, 1.54) is 12.1 Å². The van der Waals surface area contributed by atoms with Gasteiger partial charge in [-0.05, 0) is 37.5 Å². The quantitative estimate of drug-likeness (QED) is 0.719. The first kappa shape index (κ1) is 23.3. The van der Waals surface area contributed by atoms with Crippen LogP contribution < -0.4 is 5.32 Å². The van der Waals surface area contributed by atoms with Crippen LogP contribution in [-0.2, 0) is 19.7 Å². The van der Waals surface area contributed by atoms with E-state index in [-0.39, 0.29) is 24.5 Å². The van der Waals surface area contributed by atoms with Gasteiger partial charge in [0.15, 0.2) is 0 Å². The minimum atomic E-state index is -0.423. The average molecular weight is 448 g/mol. The predicted octanol–water partition coefficient (Wildman–Crippen LogP) is 4.25. The van der Waals surface area contributed by atoms with Crippen LogP contribution in [0.5, 0.6) is 0 Å². The van der Waals surface area contributed by atoms with Crippen molar-refractivity contribution in [1.29, 1.82) is 0 Å². The number of carbonyl (C=O) groups excluding carboxylic acids is 2. The number of aromatic nitrogens is 1. The summed E-state index contributed by atoms with van der Waals surface area (Å²) in [4.78, 5) is 31.0. The number of ether oxygens (including phenoxy) is 1. The molecule has 31 heavy (non-hydrogen) atoms. The Labute approximate surface area is 186 Å². The van der Waals surface area contributed by atoms with E-state index in [1.807, 2.05) is 0 Å². The summed E-state index contributed by atoms with van der Waals surface area (Å²) in [5.74, 6) is -0.583. The van der Waals surface area contributed by atoms with Crippen molar-refractivity contribution >= 4 is 28.8 Å². The number of thiazole rings is 1. The molecule has 0 atom stereocenters. The Kier molecular flexibility index (Phi) is 7.43. The zero-order valence-electron chi connectivity index (χ0n) is 18.5. The fourth-order valence-corrected chi connectivity index (χ4v) is 4.65. The smallest absolute Gasteiger partial charge is 0.250 e. The van der Waals surface area contributed by atoms with Gasteiger partial charge in [-0.2, -0.15) is 0 Å². The molecule has 168 valence electrons. The second-order valence-electron chi connectivity index (χ2n) is 8.98. The number of amides is 2. The number of likely N-dealkylation sites (tertiary alicyclic amines) is 1. The molecule has 1 saturated heterocycles. The lowest BCUT2D eigenvalue weighted by Gasteiger charge is -2.31. The number of halogens is 1. The zero-order chi connectivity index (χ0) is 22.6. The van der Waals surface area contributed by atoms with E-state index in [4.69, 9.17) is 9.72 Å². The van der Waals surface area contributed by atoms with Crippen molar-refractivity contribution in [3.8, 4) is 0 Å². The van der Waals surface area contributed by atoms with Crippen molar-refractivity contribution < 1.29 is 18.7 Å². The summed E-state index contributed by atoms with van der Waals surface area (Å²) in [6.45, 7) is 9.17. The van der Waals surface area contributed by atoms with E-state index in [9.17, 15) is 14.0 Å². The molecule has 0 aliphatic carbocycles. The Morgan fingerprint density at radius 3 is 2.61 bits per heavy atom. The number of anilines is 1. The second kappa shape index (κ2) is 9.87. The number of nitrogens with one attached hydrogen (secondary N) is 1. The number of carbonyl (C=O) groups is 2. The molecule has 0 bridgehead atoms. The molecule has 1 N–H and O–H groups in total. The van der Waals surface area contributed by atoms with E-state index in [0.29, 0.717) is 24.7 Å². The van der Waals surface area contributed by atoms with Gasteiger partial charge in [-0.3, -0.25) is 9.59 Å². The molecule has 1 aliphatic heterocycles. The van der Waals surface area contributed by atoms with E-state index in [0.717, 1.165) is 29.1 Å². The number of hydrogen-bond donors (Lipinski definition) is 1. The summed E-state index contributed by atoms with van der Waals surface area (Å²) in [6, 6.07) is 4.19. The molecule has 2 heterocycles. The lowest BCUT2D eigenvalue weighted by molar-refractivity contribution is -0.138. The first-order chi connectivity index (χ1) is 14.6. The largest absolute Gasteiger partial charge is 0.362 e. The van der Waals surface area contributed by atoms with Crippen molar-refractivity contribution in [3.63, 3.8) is 0 Å². The monoisotopic (exact) mass is 447 g/mol. The third kappa shape index (κ3) is 6.33. The highest BCUT2D eigenvalue weighted by Crippen LogP contribution is 2.33. The van der Waals surface area contributed by atoms with Crippen LogP contribution in [0, 0.1) is 12.7 Å². The highest BCUT2D eigenvalue weighted by Gasteiger charge is 2.27. The summed E-state index contributed by atoms with van der Waals surface area (Å²) in [7, 11) is 0. The Bertz CT molecular complexity index is 930. The van der Waals surface area contributed by atoms with Gasteiger partial charge < -0.3 is 15.0 Å². The van der Waals surface area contributed by atoms with Crippen molar-refractivity contribution in [2.75, 3.05) is 31.6 Å². The number of hydrogen-bond acceptors (Lipinski definition) is 5. The standard InChI is InChI=1S/C23H30FN3O3S/c1-15-5-6-17(24)11-18(15)25-20(28)12-30-13-21(29)27-9-7-16(8-10-27)22-26-19(14-31-22)23(2,3)4/h5-6,11,14,16H,7-10,12-13H2,1-4H3,(H,25,28). The van der Waals surface area contributed by atoms with Crippen molar-refractivity contribution in [2.24, 2.45) is 0 Å². The van der Waals surface area contributed by atoms with Gasteiger partial charge in [-0.1, -0.05) is 26.8 Å². The first-order valence-electron chi connectivity index (χ1n) is 10.5. The summed E-state index contributed by atoms with van der Waals surface area (Å²) in [5, 5.41) is 5.89. The van der Waals surface area contributed by atoms with Gasteiger partial charge in [0.25, 0.3) is 0 Å². The molecule has 0 spiro atoms. The van der Waals surface area contributed by atoms with Gasteiger partial charge in [-0.25, -0.2) is 9.37 Å². The minimum Gasteiger partial charge on any atom is -0.362 e. The molecule has 0 radical (unpaired) electrons. The number of rotatable bonds is 6. The molecule has 1 aliphatic rings. The maximum absolute atomic E-state index is 13.3. The third-order valence-electron chi connectivity index (χ3n) is 5.42. The van der Waals surface area contributed by atoms with Gasteiger partial charge in [-0.15, -0.1) is 11.3 Å². The van der Waals surface area contributed by atoms with Gasteiger partial charge in [0.05, 0.1) is 10.7 Å². The molecule has 8 heteroatoms. The Morgan fingerprint density at radius 1 is 1.26 bits per heavy atom.